The summed E-state index contributed by atoms with van der Waals surface area (Å²) in [6, 6.07) is 5.90. The average molecular weight is 336 g/mol. The first kappa shape index (κ1) is 18.5. The van der Waals surface area contributed by atoms with Crippen LogP contribution < -0.4 is 9.47 Å². The molecular formula is C18H28N2O4. The lowest BCUT2D eigenvalue weighted by Crippen LogP contribution is -2.58. The summed E-state index contributed by atoms with van der Waals surface area (Å²) in [7, 11) is 4.87. The van der Waals surface area contributed by atoms with Crippen LogP contribution in [-0.2, 0) is 4.74 Å². The summed E-state index contributed by atoms with van der Waals surface area (Å²) in [6.07, 6.45) is 0. The zero-order valence-electron chi connectivity index (χ0n) is 15.2. The molecular weight excluding hydrogens is 308 g/mol. The Morgan fingerprint density at radius 2 is 1.71 bits per heavy atom. The van der Waals surface area contributed by atoms with Crippen molar-refractivity contribution in [2.75, 3.05) is 47.6 Å². The second-order valence-corrected chi connectivity index (χ2v) is 6.21. The van der Waals surface area contributed by atoms with E-state index in [1.165, 1.54) is 0 Å². The molecule has 6 nitrogen and oxygen atoms in total. The van der Waals surface area contributed by atoms with E-state index >= 15 is 0 Å². The molecule has 0 aromatic heterocycles. The Hall–Kier alpha value is -1.79. The van der Waals surface area contributed by atoms with Gasteiger partial charge < -0.3 is 19.1 Å². The van der Waals surface area contributed by atoms with E-state index in [0.717, 1.165) is 6.54 Å². The van der Waals surface area contributed by atoms with Crippen molar-refractivity contribution in [1.29, 1.82) is 0 Å². The summed E-state index contributed by atoms with van der Waals surface area (Å²) < 4.78 is 15.7. The molecule has 1 fully saturated rings. The molecule has 1 aliphatic rings. The number of benzene rings is 1. The van der Waals surface area contributed by atoms with Crippen LogP contribution in [-0.4, -0.2) is 75.4 Å². The molecule has 1 aromatic carbocycles. The van der Waals surface area contributed by atoms with E-state index in [9.17, 15) is 4.79 Å². The maximum absolute atomic E-state index is 12.9. The Labute approximate surface area is 144 Å². The number of piperazine rings is 1. The van der Waals surface area contributed by atoms with E-state index in [1.54, 1.807) is 39.5 Å². The second kappa shape index (κ2) is 8.35. The predicted molar refractivity (Wildman–Crippen MR) is 93.0 cm³/mol. The third kappa shape index (κ3) is 3.99. The van der Waals surface area contributed by atoms with Crippen molar-refractivity contribution in [3.8, 4) is 11.5 Å². The number of carbonyl (C=O) groups is 1. The van der Waals surface area contributed by atoms with Gasteiger partial charge in [0.05, 0.1) is 20.8 Å². The summed E-state index contributed by atoms with van der Waals surface area (Å²) in [4.78, 5) is 17.2. The Morgan fingerprint density at radius 1 is 1.08 bits per heavy atom. The molecule has 0 radical (unpaired) electrons. The molecule has 24 heavy (non-hydrogen) atoms. The second-order valence-electron chi connectivity index (χ2n) is 6.21. The molecule has 1 amide bonds. The van der Waals surface area contributed by atoms with Crippen LogP contribution in [0.3, 0.4) is 0 Å². The normalized spacial score (nSPS) is 21.6. The molecule has 1 aromatic rings. The topological polar surface area (TPSA) is 51.2 Å². The van der Waals surface area contributed by atoms with Gasteiger partial charge in [-0.05, 0) is 32.0 Å². The van der Waals surface area contributed by atoms with Gasteiger partial charge in [-0.3, -0.25) is 9.69 Å². The van der Waals surface area contributed by atoms with Crippen LogP contribution in [0.5, 0.6) is 11.5 Å². The van der Waals surface area contributed by atoms with Gasteiger partial charge in [-0.2, -0.15) is 0 Å². The zero-order chi connectivity index (χ0) is 17.7. The highest BCUT2D eigenvalue weighted by Crippen LogP contribution is 2.28. The molecule has 0 N–H and O–H groups in total. The predicted octanol–water partition coefficient (Wildman–Crippen LogP) is 1.88. The summed E-state index contributed by atoms with van der Waals surface area (Å²) in [6.45, 7) is 7.32. The van der Waals surface area contributed by atoms with Crippen LogP contribution in [0.1, 0.15) is 24.2 Å². The minimum absolute atomic E-state index is 0.0287. The van der Waals surface area contributed by atoms with Crippen LogP contribution >= 0.6 is 0 Å². The Bertz CT molecular complexity index is 552. The fraction of sp³-hybridized carbons (Fsp3) is 0.611. The lowest BCUT2D eigenvalue weighted by Gasteiger charge is -2.44. The molecule has 1 heterocycles. The minimum Gasteiger partial charge on any atom is -0.493 e. The first-order valence-corrected chi connectivity index (χ1v) is 8.27. The van der Waals surface area contributed by atoms with Crippen LogP contribution in [0.4, 0.5) is 0 Å². The van der Waals surface area contributed by atoms with Crippen LogP contribution in [0.25, 0.3) is 0 Å². The number of methoxy groups -OCH3 is 3. The molecule has 0 saturated carbocycles. The maximum atomic E-state index is 12.9. The molecule has 1 saturated heterocycles. The van der Waals surface area contributed by atoms with Crippen molar-refractivity contribution >= 4 is 5.91 Å². The van der Waals surface area contributed by atoms with Crippen molar-refractivity contribution in [1.82, 2.24) is 9.80 Å². The van der Waals surface area contributed by atoms with Crippen molar-refractivity contribution in [3.05, 3.63) is 23.8 Å². The van der Waals surface area contributed by atoms with E-state index < -0.39 is 0 Å². The number of rotatable bonds is 6. The van der Waals surface area contributed by atoms with E-state index in [0.29, 0.717) is 48.8 Å². The zero-order valence-corrected chi connectivity index (χ0v) is 15.2. The van der Waals surface area contributed by atoms with Crippen LogP contribution in [0.2, 0.25) is 0 Å². The number of amides is 1. The van der Waals surface area contributed by atoms with Crippen LogP contribution in [0.15, 0.2) is 18.2 Å². The lowest BCUT2D eigenvalue weighted by atomic mass is 10.1. The van der Waals surface area contributed by atoms with E-state index in [2.05, 4.69) is 18.7 Å². The molecule has 2 atom stereocenters. The van der Waals surface area contributed by atoms with Gasteiger partial charge in [0.2, 0.25) is 0 Å². The summed E-state index contributed by atoms with van der Waals surface area (Å²) >= 11 is 0. The van der Waals surface area contributed by atoms with Crippen molar-refractivity contribution in [2.45, 2.75) is 25.9 Å². The Kier molecular flexibility index (Phi) is 6.45. The molecule has 2 rings (SSSR count). The van der Waals surface area contributed by atoms with Gasteiger partial charge in [0, 0.05) is 44.4 Å². The number of hydrogen-bond donors (Lipinski definition) is 0. The number of carbonyl (C=O) groups excluding carboxylic acids is 1. The van der Waals surface area contributed by atoms with Crippen molar-refractivity contribution in [2.24, 2.45) is 0 Å². The smallest absolute Gasteiger partial charge is 0.254 e. The fourth-order valence-electron chi connectivity index (χ4n) is 3.31. The molecule has 0 spiro atoms. The Morgan fingerprint density at radius 3 is 2.25 bits per heavy atom. The first-order valence-electron chi connectivity index (χ1n) is 8.27. The van der Waals surface area contributed by atoms with Gasteiger partial charge in [-0.1, -0.05) is 0 Å². The first-order chi connectivity index (χ1) is 11.5. The van der Waals surface area contributed by atoms with Crippen molar-refractivity contribution in [3.63, 3.8) is 0 Å². The molecule has 0 aliphatic carbocycles. The third-order valence-electron chi connectivity index (χ3n) is 4.57. The fourth-order valence-corrected chi connectivity index (χ4v) is 3.31. The van der Waals surface area contributed by atoms with Gasteiger partial charge in [0.15, 0.2) is 11.5 Å². The van der Waals surface area contributed by atoms with Gasteiger partial charge in [-0.25, -0.2) is 0 Å². The molecule has 134 valence electrons. The minimum atomic E-state index is 0.0287. The Balaban J connectivity index is 2.11. The standard InChI is InChI=1S/C18H28N2O4/c1-13-11-19(12-14(2)20(13)8-9-22-3)18(21)15-6-7-16(23-4)17(10-15)24-5/h6-7,10,13-14H,8-9,11-12H2,1-5H3. The summed E-state index contributed by atoms with van der Waals surface area (Å²) in [5.74, 6) is 1.23. The molecule has 0 bridgehead atoms. The number of nitrogens with zero attached hydrogens (tertiary/aromatic N) is 2. The van der Waals surface area contributed by atoms with Crippen molar-refractivity contribution < 1.29 is 19.0 Å². The van der Waals surface area contributed by atoms with Gasteiger partial charge >= 0.3 is 0 Å². The molecule has 2 unspecified atom stereocenters. The molecule has 6 heteroatoms. The highest BCUT2D eigenvalue weighted by atomic mass is 16.5. The van der Waals surface area contributed by atoms with Gasteiger partial charge in [-0.15, -0.1) is 0 Å². The highest BCUT2D eigenvalue weighted by Gasteiger charge is 2.32. The summed E-state index contributed by atoms with van der Waals surface area (Å²) in [5, 5.41) is 0. The van der Waals surface area contributed by atoms with Gasteiger partial charge in [0.1, 0.15) is 0 Å². The maximum Gasteiger partial charge on any atom is 0.254 e. The van der Waals surface area contributed by atoms with E-state index in [4.69, 9.17) is 14.2 Å². The number of hydrogen-bond acceptors (Lipinski definition) is 5. The highest BCUT2D eigenvalue weighted by molar-refractivity contribution is 5.95. The van der Waals surface area contributed by atoms with E-state index in [1.807, 2.05) is 4.90 Å². The van der Waals surface area contributed by atoms with Gasteiger partial charge in [0.25, 0.3) is 5.91 Å². The van der Waals surface area contributed by atoms with Crippen LogP contribution in [0, 0.1) is 0 Å². The monoisotopic (exact) mass is 336 g/mol. The number of ether oxygens (including phenoxy) is 3. The summed E-state index contributed by atoms with van der Waals surface area (Å²) in [5.41, 5.74) is 0.623. The van der Waals surface area contributed by atoms with E-state index in [-0.39, 0.29) is 5.91 Å². The SMILES string of the molecule is COCCN1C(C)CN(C(=O)c2ccc(OC)c(OC)c2)CC1C. The quantitative estimate of drug-likeness (QED) is 0.794. The third-order valence-corrected chi connectivity index (χ3v) is 4.57. The molecule has 1 aliphatic heterocycles. The largest absolute Gasteiger partial charge is 0.493 e. The average Bonchev–Trinajstić information content (AvgIpc) is 2.59. The lowest BCUT2D eigenvalue weighted by molar-refractivity contribution is 0.0193.